The van der Waals surface area contributed by atoms with Crippen LogP contribution in [-0.4, -0.2) is 44.8 Å². The van der Waals surface area contributed by atoms with Crippen LogP contribution in [0.5, 0.6) is 5.75 Å². The molecule has 35 heavy (non-hydrogen) atoms. The summed E-state index contributed by atoms with van der Waals surface area (Å²) < 4.78 is 15.4. The van der Waals surface area contributed by atoms with Crippen molar-refractivity contribution in [2.24, 2.45) is 16.8 Å². The fourth-order valence-corrected chi connectivity index (χ4v) is 5.21. The lowest BCUT2D eigenvalue weighted by Crippen LogP contribution is -2.43. The lowest BCUT2D eigenvalue weighted by Gasteiger charge is -2.39. The Balaban J connectivity index is 1.89. The Bertz CT molecular complexity index is 1220. The second-order valence-electron chi connectivity index (χ2n) is 8.59. The maximum absolute atomic E-state index is 14.0. The van der Waals surface area contributed by atoms with Gasteiger partial charge in [0.05, 0.1) is 21.3 Å². The molecule has 1 heterocycles. The van der Waals surface area contributed by atoms with Gasteiger partial charge in [-0.25, -0.2) is 0 Å². The molecule has 2 aromatic rings. The summed E-state index contributed by atoms with van der Waals surface area (Å²) in [6.45, 7) is 1.76. The van der Waals surface area contributed by atoms with Crippen LogP contribution in [0, 0.1) is 11.8 Å². The van der Waals surface area contributed by atoms with E-state index in [0.29, 0.717) is 39.7 Å². The van der Waals surface area contributed by atoms with Gasteiger partial charge in [0.25, 0.3) is 0 Å². The monoisotopic (exact) mass is 495 g/mol. The molecule has 0 saturated carbocycles. The molecule has 2 aromatic carbocycles. The molecule has 0 N–H and O–H groups in total. The smallest absolute Gasteiger partial charge is 0.317 e. The highest BCUT2D eigenvalue weighted by Crippen LogP contribution is 2.49. The molecule has 2 aliphatic rings. The normalized spacial score (nSPS) is 23.8. The van der Waals surface area contributed by atoms with Crippen LogP contribution in [-0.2, 0) is 23.9 Å². The number of aliphatic imine (C=N–C) groups is 1. The van der Waals surface area contributed by atoms with Crippen molar-refractivity contribution >= 4 is 35.0 Å². The van der Waals surface area contributed by atoms with Gasteiger partial charge in [-0.05, 0) is 48.7 Å². The average molecular weight is 496 g/mol. The van der Waals surface area contributed by atoms with Gasteiger partial charge in [0, 0.05) is 33.8 Å². The van der Waals surface area contributed by atoms with Crippen LogP contribution in [0.25, 0.3) is 0 Å². The fourth-order valence-electron chi connectivity index (χ4n) is 5.08. The molecule has 4 atom stereocenters. The van der Waals surface area contributed by atoms with Crippen molar-refractivity contribution in [2.75, 3.05) is 21.3 Å². The lowest BCUT2D eigenvalue weighted by molar-refractivity contribution is -0.150. The maximum atomic E-state index is 14.0. The number of ether oxygens (including phenoxy) is 3. The number of hydrogen-bond acceptors (Lipinski definition) is 7. The predicted octanol–water partition coefficient (Wildman–Crippen LogP) is 4.50. The number of methoxy groups -OCH3 is 3. The van der Waals surface area contributed by atoms with Crippen molar-refractivity contribution in [3.8, 4) is 5.75 Å². The summed E-state index contributed by atoms with van der Waals surface area (Å²) >= 11 is 6.10. The lowest BCUT2D eigenvalue weighted by atomic mass is 9.65. The summed E-state index contributed by atoms with van der Waals surface area (Å²) in [4.78, 5) is 44.6. The number of benzene rings is 2. The zero-order valence-corrected chi connectivity index (χ0v) is 20.7. The van der Waals surface area contributed by atoms with Crippen LogP contribution in [0.3, 0.4) is 0 Å². The van der Waals surface area contributed by atoms with Gasteiger partial charge >= 0.3 is 11.9 Å². The van der Waals surface area contributed by atoms with Crippen LogP contribution in [0.4, 0.5) is 0 Å². The topological polar surface area (TPSA) is 91.3 Å². The molecule has 0 spiro atoms. The minimum absolute atomic E-state index is 0.336. The molecule has 0 radical (unpaired) electrons. The van der Waals surface area contributed by atoms with E-state index in [2.05, 4.69) is 0 Å². The van der Waals surface area contributed by atoms with Gasteiger partial charge in [-0.1, -0.05) is 35.9 Å². The number of esters is 2. The minimum Gasteiger partial charge on any atom is -0.497 e. The molecule has 182 valence electrons. The number of ketones is 1. The van der Waals surface area contributed by atoms with Crippen molar-refractivity contribution in [3.05, 3.63) is 76.0 Å². The Morgan fingerprint density at radius 2 is 1.46 bits per heavy atom. The van der Waals surface area contributed by atoms with Crippen molar-refractivity contribution < 1.29 is 28.6 Å². The summed E-state index contributed by atoms with van der Waals surface area (Å²) in [5, 5.41) is 0.528. The van der Waals surface area contributed by atoms with E-state index in [0.717, 1.165) is 5.56 Å². The summed E-state index contributed by atoms with van der Waals surface area (Å²) in [6.07, 6.45) is 0.336. The highest BCUT2D eigenvalue weighted by Gasteiger charge is 2.50. The molecule has 7 nitrogen and oxygen atoms in total. The molecule has 0 amide bonds. The standard InChI is InChI=1S/C27H26ClNO6/c1-14-21(26(31)34-3)22(16-5-9-17(28)10-6-16)24-20(29-14)13-19(23(25(24)30)27(32)35-4)15-7-11-18(33-2)12-8-15/h5-12,19,21-23H,13H2,1-4H3/t19-,21?,22+,23-/m0/s1. The number of hydrogen-bond donors (Lipinski definition) is 0. The molecule has 1 unspecified atom stereocenters. The van der Waals surface area contributed by atoms with Gasteiger partial charge in [0.2, 0.25) is 0 Å². The summed E-state index contributed by atoms with van der Waals surface area (Å²) in [6, 6.07) is 14.2. The van der Waals surface area contributed by atoms with E-state index >= 15 is 0 Å². The van der Waals surface area contributed by atoms with E-state index in [1.165, 1.54) is 14.2 Å². The van der Waals surface area contributed by atoms with Gasteiger partial charge in [-0.3, -0.25) is 19.4 Å². The number of carbonyl (C=O) groups is 3. The summed E-state index contributed by atoms with van der Waals surface area (Å²) in [5.41, 5.74) is 2.97. The predicted molar refractivity (Wildman–Crippen MR) is 131 cm³/mol. The van der Waals surface area contributed by atoms with E-state index < -0.39 is 41.4 Å². The largest absolute Gasteiger partial charge is 0.497 e. The first kappa shape index (κ1) is 24.7. The second kappa shape index (κ2) is 10.0. The maximum Gasteiger partial charge on any atom is 0.317 e. The van der Waals surface area contributed by atoms with Gasteiger partial charge < -0.3 is 14.2 Å². The third kappa shape index (κ3) is 4.48. The first-order valence-corrected chi connectivity index (χ1v) is 11.6. The van der Waals surface area contributed by atoms with Gasteiger partial charge in [0.1, 0.15) is 17.6 Å². The van der Waals surface area contributed by atoms with E-state index in [9.17, 15) is 14.4 Å². The third-order valence-corrected chi connectivity index (χ3v) is 7.02. The molecular weight excluding hydrogens is 470 g/mol. The van der Waals surface area contributed by atoms with Gasteiger partial charge in [-0.2, -0.15) is 0 Å². The van der Waals surface area contributed by atoms with Crippen molar-refractivity contribution in [1.29, 1.82) is 0 Å². The van der Waals surface area contributed by atoms with E-state index in [1.54, 1.807) is 50.4 Å². The van der Waals surface area contributed by atoms with Gasteiger partial charge in [0.15, 0.2) is 5.78 Å². The van der Waals surface area contributed by atoms with Crippen LogP contribution >= 0.6 is 11.6 Å². The molecule has 8 heteroatoms. The molecule has 4 rings (SSSR count). The molecular formula is C27H26ClNO6. The van der Waals surface area contributed by atoms with Crippen molar-refractivity contribution in [1.82, 2.24) is 0 Å². The average Bonchev–Trinajstić information content (AvgIpc) is 2.87. The minimum atomic E-state index is -1.08. The Morgan fingerprint density at radius 1 is 0.886 bits per heavy atom. The number of carbonyl (C=O) groups excluding carboxylic acids is 3. The van der Waals surface area contributed by atoms with E-state index in [-0.39, 0.29) is 0 Å². The zero-order valence-electron chi connectivity index (χ0n) is 19.9. The van der Waals surface area contributed by atoms with E-state index in [4.69, 9.17) is 30.8 Å². The SMILES string of the molecule is COC(=O)C1C(C)=NC2=C(C(=O)[C@@H](C(=O)OC)[C@H](c3ccc(OC)cc3)C2)[C@@H]1c1ccc(Cl)cc1. The molecule has 0 fully saturated rings. The Kier molecular flexibility index (Phi) is 7.08. The number of rotatable bonds is 5. The highest BCUT2D eigenvalue weighted by molar-refractivity contribution is 6.30. The fraction of sp³-hybridized carbons (Fsp3) is 0.333. The van der Waals surface area contributed by atoms with Crippen molar-refractivity contribution in [3.63, 3.8) is 0 Å². The number of allylic oxidation sites excluding steroid dienone is 2. The van der Waals surface area contributed by atoms with Crippen LogP contribution in [0.1, 0.15) is 36.3 Å². The summed E-state index contributed by atoms with van der Waals surface area (Å²) in [5.74, 6) is -3.88. The Labute approximate surface area is 208 Å². The molecule has 0 bridgehead atoms. The highest BCUT2D eigenvalue weighted by atomic mass is 35.5. The first-order chi connectivity index (χ1) is 16.8. The molecule has 0 saturated heterocycles. The quantitative estimate of drug-likeness (QED) is 0.448. The first-order valence-electron chi connectivity index (χ1n) is 11.2. The zero-order chi connectivity index (χ0) is 25.3. The molecule has 1 aliphatic carbocycles. The second-order valence-corrected chi connectivity index (χ2v) is 9.03. The number of halogens is 1. The van der Waals surface area contributed by atoms with Crippen LogP contribution < -0.4 is 4.74 Å². The molecule has 1 aliphatic heterocycles. The number of nitrogens with zero attached hydrogens (tertiary/aromatic N) is 1. The van der Waals surface area contributed by atoms with Crippen LogP contribution in [0.15, 0.2) is 64.8 Å². The third-order valence-electron chi connectivity index (χ3n) is 6.76. The molecule has 0 aromatic heterocycles. The summed E-state index contributed by atoms with van der Waals surface area (Å²) in [7, 11) is 4.14. The van der Waals surface area contributed by atoms with Gasteiger partial charge in [-0.15, -0.1) is 0 Å². The van der Waals surface area contributed by atoms with Crippen molar-refractivity contribution in [2.45, 2.75) is 25.2 Å². The van der Waals surface area contributed by atoms with E-state index in [1.807, 2.05) is 12.1 Å². The Morgan fingerprint density at radius 3 is 2.03 bits per heavy atom. The number of Topliss-reactive ketones (excluding diaryl/α,β-unsaturated/α-hetero) is 1. The van der Waals surface area contributed by atoms with Crippen LogP contribution in [0.2, 0.25) is 5.02 Å². The Hall–Kier alpha value is -3.45.